The van der Waals surface area contributed by atoms with E-state index in [4.69, 9.17) is 16.6 Å². The molecule has 0 radical (unpaired) electrons. The minimum atomic E-state index is -0.0169. The minimum Gasteiger partial charge on any atom is -0.283 e. The molecule has 0 spiro atoms. The normalized spacial score (nSPS) is 11.0. The zero-order chi connectivity index (χ0) is 20.2. The average Bonchev–Trinajstić information content (AvgIpc) is 3.17. The van der Waals surface area contributed by atoms with Crippen LogP contribution < -0.4 is 4.90 Å². The Morgan fingerprint density at radius 3 is 2.52 bits per heavy atom. The lowest BCUT2D eigenvalue weighted by molar-refractivity contribution is -0.118. The van der Waals surface area contributed by atoms with Crippen molar-refractivity contribution in [1.82, 2.24) is 4.98 Å². The Labute approximate surface area is 179 Å². The summed E-state index contributed by atoms with van der Waals surface area (Å²) >= 11 is 7.85. The van der Waals surface area contributed by atoms with Crippen LogP contribution in [0.5, 0.6) is 0 Å². The van der Waals surface area contributed by atoms with Crippen LogP contribution >= 0.6 is 22.9 Å². The number of hydrogen-bond acceptors (Lipinski definition) is 3. The first-order valence-electron chi connectivity index (χ1n) is 9.61. The molecule has 0 aliphatic heterocycles. The fourth-order valence-electron chi connectivity index (χ4n) is 3.22. The van der Waals surface area contributed by atoms with Crippen molar-refractivity contribution < 1.29 is 4.79 Å². The van der Waals surface area contributed by atoms with Gasteiger partial charge in [0.1, 0.15) is 0 Å². The number of halogens is 1. The van der Waals surface area contributed by atoms with E-state index in [1.807, 2.05) is 60.7 Å². The average molecular weight is 421 g/mol. The summed E-state index contributed by atoms with van der Waals surface area (Å²) in [5, 5.41) is 1.33. The van der Waals surface area contributed by atoms with Gasteiger partial charge in [0, 0.05) is 5.02 Å². The van der Waals surface area contributed by atoms with Crippen LogP contribution in [0.15, 0.2) is 72.8 Å². The summed E-state index contributed by atoms with van der Waals surface area (Å²) in [5.41, 5.74) is 4.08. The number of hydrogen-bond donors (Lipinski definition) is 0. The summed E-state index contributed by atoms with van der Waals surface area (Å²) < 4.78 is 1.10. The first-order chi connectivity index (χ1) is 14.1. The van der Waals surface area contributed by atoms with Crippen molar-refractivity contribution in [2.45, 2.75) is 26.3 Å². The molecule has 3 nitrogen and oxygen atoms in total. The smallest absolute Gasteiger partial charge is 0.233 e. The molecule has 5 heteroatoms. The van der Waals surface area contributed by atoms with Gasteiger partial charge in [0.2, 0.25) is 5.91 Å². The molecule has 0 fully saturated rings. The van der Waals surface area contributed by atoms with Crippen LogP contribution in [0.4, 0.5) is 5.13 Å². The second-order valence-electron chi connectivity index (χ2n) is 6.89. The third-order valence-electron chi connectivity index (χ3n) is 4.86. The third kappa shape index (κ3) is 4.50. The predicted octanol–water partition coefficient (Wildman–Crippen LogP) is 6.29. The van der Waals surface area contributed by atoms with Crippen LogP contribution in [0, 0.1) is 0 Å². The number of fused-ring (bicyclic) bond motifs is 1. The maximum absolute atomic E-state index is 13.3. The molecule has 4 aromatic rings. The van der Waals surface area contributed by atoms with Crippen LogP contribution in [-0.2, 0) is 24.2 Å². The molecular weight excluding hydrogens is 400 g/mol. The van der Waals surface area contributed by atoms with Gasteiger partial charge in [-0.25, -0.2) is 4.98 Å². The van der Waals surface area contributed by atoms with Crippen LogP contribution in [-0.4, -0.2) is 10.9 Å². The number of aryl methyl sites for hydroxylation is 1. The fraction of sp³-hybridized carbons (Fsp3) is 0.167. The molecule has 0 saturated heterocycles. The van der Waals surface area contributed by atoms with Crippen molar-refractivity contribution >= 4 is 44.2 Å². The molecule has 3 aromatic carbocycles. The maximum Gasteiger partial charge on any atom is 0.233 e. The lowest BCUT2D eigenvalue weighted by atomic mass is 10.1. The number of nitrogens with zero attached hydrogens (tertiary/aromatic N) is 2. The van der Waals surface area contributed by atoms with Gasteiger partial charge >= 0.3 is 0 Å². The zero-order valence-electron chi connectivity index (χ0n) is 16.1. The number of carbonyl (C=O) groups is 1. The molecule has 29 heavy (non-hydrogen) atoms. The molecule has 0 aliphatic carbocycles. The lowest BCUT2D eigenvalue weighted by Crippen LogP contribution is -2.31. The molecule has 0 N–H and O–H groups in total. The molecule has 0 unspecified atom stereocenters. The van der Waals surface area contributed by atoms with Gasteiger partial charge in [-0.2, -0.15) is 0 Å². The molecule has 4 rings (SSSR count). The lowest BCUT2D eigenvalue weighted by Gasteiger charge is -2.20. The first kappa shape index (κ1) is 19.6. The van der Waals surface area contributed by atoms with E-state index in [-0.39, 0.29) is 12.3 Å². The molecule has 0 aliphatic rings. The molecular formula is C24H21ClN2OS. The summed E-state index contributed by atoms with van der Waals surface area (Å²) in [4.78, 5) is 19.8. The van der Waals surface area contributed by atoms with Crippen molar-refractivity contribution in [2.75, 3.05) is 4.90 Å². The Kier molecular flexibility index (Phi) is 5.93. The number of thiazole rings is 1. The van der Waals surface area contributed by atoms with Gasteiger partial charge in [-0.15, -0.1) is 0 Å². The highest BCUT2D eigenvalue weighted by molar-refractivity contribution is 7.22. The number of benzene rings is 3. The maximum atomic E-state index is 13.3. The van der Waals surface area contributed by atoms with Crippen molar-refractivity contribution in [3.8, 4) is 0 Å². The Bertz CT molecular complexity index is 1140. The van der Waals surface area contributed by atoms with E-state index in [0.29, 0.717) is 16.7 Å². The molecule has 1 heterocycles. The molecule has 0 bridgehead atoms. The minimum absolute atomic E-state index is 0.0169. The van der Waals surface area contributed by atoms with E-state index in [2.05, 4.69) is 19.1 Å². The third-order valence-corrected chi connectivity index (χ3v) is 6.27. The van der Waals surface area contributed by atoms with E-state index in [1.54, 1.807) is 16.2 Å². The van der Waals surface area contributed by atoms with Gasteiger partial charge in [-0.1, -0.05) is 84.5 Å². The van der Waals surface area contributed by atoms with E-state index in [1.165, 1.54) is 5.56 Å². The van der Waals surface area contributed by atoms with E-state index >= 15 is 0 Å². The Morgan fingerprint density at radius 2 is 1.76 bits per heavy atom. The van der Waals surface area contributed by atoms with E-state index in [0.717, 1.165) is 27.8 Å². The topological polar surface area (TPSA) is 33.2 Å². The van der Waals surface area contributed by atoms with Gasteiger partial charge < -0.3 is 0 Å². The summed E-state index contributed by atoms with van der Waals surface area (Å²) in [6, 6.07) is 23.8. The van der Waals surface area contributed by atoms with Crippen molar-refractivity contribution in [2.24, 2.45) is 0 Å². The van der Waals surface area contributed by atoms with E-state index < -0.39 is 0 Å². The SMILES string of the molecule is CCc1ccc2nc(N(Cc3ccccc3)C(=O)Cc3ccccc3Cl)sc2c1. The number of anilines is 1. The Balaban J connectivity index is 1.70. The number of amides is 1. The summed E-state index contributed by atoms with van der Waals surface area (Å²) in [6.45, 7) is 2.61. The molecule has 1 aromatic heterocycles. The highest BCUT2D eigenvalue weighted by atomic mass is 35.5. The first-order valence-corrected chi connectivity index (χ1v) is 10.8. The van der Waals surface area contributed by atoms with Crippen LogP contribution in [0.2, 0.25) is 5.02 Å². The molecule has 1 amide bonds. The van der Waals surface area contributed by atoms with Crippen molar-refractivity contribution in [3.05, 3.63) is 94.5 Å². The monoisotopic (exact) mass is 420 g/mol. The predicted molar refractivity (Wildman–Crippen MR) is 122 cm³/mol. The molecule has 0 saturated carbocycles. The van der Waals surface area contributed by atoms with Gasteiger partial charge in [0.25, 0.3) is 0 Å². The zero-order valence-corrected chi connectivity index (χ0v) is 17.7. The highest BCUT2D eigenvalue weighted by Gasteiger charge is 2.21. The second-order valence-corrected chi connectivity index (χ2v) is 8.30. The Hall–Kier alpha value is -2.69. The summed E-state index contributed by atoms with van der Waals surface area (Å²) in [7, 11) is 0. The number of rotatable bonds is 6. The van der Waals surface area contributed by atoms with Crippen LogP contribution in [0.1, 0.15) is 23.6 Å². The van der Waals surface area contributed by atoms with Gasteiger partial charge in [0.05, 0.1) is 23.2 Å². The van der Waals surface area contributed by atoms with Gasteiger partial charge in [-0.3, -0.25) is 9.69 Å². The van der Waals surface area contributed by atoms with E-state index in [9.17, 15) is 4.79 Å². The second kappa shape index (κ2) is 8.76. The Morgan fingerprint density at radius 1 is 1.00 bits per heavy atom. The van der Waals surface area contributed by atoms with Crippen molar-refractivity contribution in [1.29, 1.82) is 0 Å². The fourth-order valence-corrected chi connectivity index (χ4v) is 4.47. The van der Waals surface area contributed by atoms with Crippen LogP contribution in [0.25, 0.3) is 10.2 Å². The van der Waals surface area contributed by atoms with Crippen molar-refractivity contribution in [3.63, 3.8) is 0 Å². The number of aromatic nitrogens is 1. The quantitative estimate of drug-likeness (QED) is 0.367. The largest absolute Gasteiger partial charge is 0.283 e. The van der Waals surface area contributed by atoms with Crippen LogP contribution in [0.3, 0.4) is 0 Å². The molecule has 0 atom stereocenters. The standard InChI is InChI=1S/C24H21ClN2OS/c1-2-17-12-13-21-22(14-17)29-24(26-21)27(16-18-8-4-3-5-9-18)23(28)15-19-10-6-7-11-20(19)25/h3-14H,2,15-16H2,1H3. The summed E-state index contributed by atoms with van der Waals surface area (Å²) in [6.07, 6.45) is 1.21. The van der Waals surface area contributed by atoms with Gasteiger partial charge in [0.15, 0.2) is 5.13 Å². The highest BCUT2D eigenvalue weighted by Crippen LogP contribution is 2.31. The number of carbonyl (C=O) groups excluding carboxylic acids is 1. The summed E-state index contributed by atoms with van der Waals surface area (Å²) in [5.74, 6) is -0.0169. The van der Waals surface area contributed by atoms with Gasteiger partial charge in [-0.05, 0) is 41.3 Å². The molecule has 146 valence electrons.